The van der Waals surface area contributed by atoms with Crippen molar-refractivity contribution < 1.29 is 4.39 Å². The van der Waals surface area contributed by atoms with Crippen LogP contribution in [0, 0.1) is 0 Å². The fourth-order valence-electron chi connectivity index (χ4n) is 0.229. The molecular formula is C5H5Cl2FN2. The molecule has 0 aliphatic carbocycles. The molecule has 0 atom stereocenters. The third kappa shape index (κ3) is 3.48. The first-order chi connectivity index (χ1) is 4.57. The molecule has 0 aliphatic heterocycles. The highest BCUT2D eigenvalue weighted by molar-refractivity contribution is 6.69. The van der Waals surface area contributed by atoms with Gasteiger partial charge in [0.05, 0.1) is 0 Å². The maximum absolute atomic E-state index is 12.3. The molecule has 0 saturated carbocycles. The summed E-state index contributed by atoms with van der Waals surface area (Å²) < 4.78 is 12.3. The summed E-state index contributed by atoms with van der Waals surface area (Å²) in [4.78, 5) is 3.28. The lowest BCUT2D eigenvalue weighted by Gasteiger charge is -1.89. The van der Waals surface area contributed by atoms with E-state index in [1.165, 1.54) is 0 Å². The summed E-state index contributed by atoms with van der Waals surface area (Å²) >= 11 is 10.4. The highest BCUT2D eigenvalue weighted by atomic mass is 35.5. The van der Waals surface area contributed by atoms with Crippen molar-refractivity contribution >= 4 is 28.4 Å². The van der Waals surface area contributed by atoms with Crippen LogP contribution >= 0.6 is 23.2 Å². The molecule has 0 aromatic heterocycles. The van der Waals surface area contributed by atoms with Crippen LogP contribution in [-0.4, -0.2) is 5.17 Å². The van der Waals surface area contributed by atoms with Crippen molar-refractivity contribution in [3.8, 4) is 0 Å². The second-order valence-corrected chi connectivity index (χ2v) is 2.09. The Labute approximate surface area is 67.8 Å². The molecule has 0 fully saturated rings. The summed E-state index contributed by atoms with van der Waals surface area (Å²) in [6.07, 6.45) is 0.686. The quantitative estimate of drug-likeness (QED) is 0.516. The van der Waals surface area contributed by atoms with E-state index in [1.807, 2.05) is 0 Å². The van der Waals surface area contributed by atoms with Gasteiger partial charge in [-0.05, 0) is 0 Å². The number of nitrogens with zero attached hydrogens (tertiary/aromatic N) is 1. The van der Waals surface area contributed by atoms with E-state index in [9.17, 15) is 4.39 Å². The lowest BCUT2D eigenvalue weighted by Crippen LogP contribution is -1.91. The van der Waals surface area contributed by atoms with Crippen LogP contribution in [0.3, 0.4) is 0 Å². The van der Waals surface area contributed by atoms with Gasteiger partial charge in [-0.3, -0.25) is 0 Å². The highest BCUT2D eigenvalue weighted by Crippen LogP contribution is 2.08. The Morgan fingerprint density at radius 2 is 2.10 bits per heavy atom. The largest absolute Gasteiger partial charge is 0.402 e. The van der Waals surface area contributed by atoms with Crippen LogP contribution in [0.15, 0.2) is 28.8 Å². The molecule has 0 unspecified atom stereocenters. The summed E-state index contributed by atoms with van der Waals surface area (Å²) in [5.41, 5.74) is 4.77. The van der Waals surface area contributed by atoms with Gasteiger partial charge in [0.1, 0.15) is 5.16 Å². The number of hydrogen-bond acceptors (Lipinski definition) is 2. The van der Waals surface area contributed by atoms with Crippen molar-refractivity contribution in [1.29, 1.82) is 0 Å². The van der Waals surface area contributed by atoms with Gasteiger partial charge in [0.25, 0.3) is 0 Å². The minimum absolute atomic E-state index is 0.0954. The monoisotopic (exact) mass is 182 g/mol. The average molecular weight is 183 g/mol. The number of allylic oxidation sites excluding steroid dienone is 1. The minimum Gasteiger partial charge on any atom is -0.402 e. The second kappa shape index (κ2) is 4.30. The molecule has 0 radical (unpaired) electrons. The molecule has 0 amide bonds. The zero-order valence-corrected chi connectivity index (χ0v) is 6.45. The van der Waals surface area contributed by atoms with E-state index in [0.29, 0.717) is 6.20 Å². The summed E-state index contributed by atoms with van der Waals surface area (Å²) in [7, 11) is 0. The molecule has 10 heavy (non-hydrogen) atoms. The molecule has 0 aliphatic rings. The molecule has 0 rings (SSSR count). The topological polar surface area (TPSA) is 38.4 Å². The Hall–Kier alpha value is -0.540. The standard InChI is InChI=1S/C5H5Cl2FN2/c1-3(6)10-5(7)4(8)2-9/h2H,1,9H2/b4-2+,10-5?. The summed E-state index contributed by atoms with van der Waals surface area (Å²) in [5.74, 6) is -0.830. The van der Waals surface area contributed by atoms with Gasteiger partial charge in [-0.15, -0.1) is 0 Å². The number of nitrogens with two attached hydrogens (primary N) is 1. The van der Waals surface area contributed by atoms with Gasteiger partial charge in [-0.25, -0.2) is 9.38 Å². The smallest absolute Gasteiger partial charge is 0.175 e. The van der Waals surface area contributed by atoms with Crippen LogP contribution in [0.2, 0.25) is 0 Å². The fourth-order valence-corrected chi connectivity index (χ4v) is 0.521. The molecule has 0 saturated heterocycles. The Bertz CT molecular complexity index is 198. The summed E-state index contributed by atoms with van der Waals surface area (Å²) in [6, 6.07) is 0. The zero-order chi connectivity index (χ0) is 8.15. The first-order valence-electron chi connectivity index (χ1n) is 2.24. The van der Waals surface area contributed by atoms with E-state index in [0.717, 1.165) is 0 Å². The normalized spacial score (nSPS) is 13.5. The van der Waals surface area contributed by atoms with E-state index in [4.69, 9.17) is 28.9 Å². The van der Waals surface area contributed by atoms with Crippen molar-refractivity contribution in [3.63, 3.8) is 0 Å². The SMILES string of the molecule is C=C(Cl)N=C(Cl)/C(F)=C\N. The van der Waals surface area contributed by atoms with Gasteiger partial charge in [0.15, 0.2) is 11.0 Å². The molecule has 0 aromatic rings. The fraction of sp³-hybridized carbons (Fsp3) is 0. The Morgan fingerprint density at radius 3 is 2.40 bits per heavy atom. The van der Waals surface area contributed by atoms with Crippen LogP contribution in [0.1, 0.15) is 0 Å². The average Bonchev–Trinajstić information content (AvgIpc) is 1.85. The predicted octanol–water partition coefficient (Wildman–Crippen LogP) is 2.10. The molecule has 5 heteroatoms. The molecular weight excluding hydrogens is 178 g/mol. The van der Waals surface area contributed by atoms with Gasteiger partial charge < -0.3 is 5.73 Å². The summed E-state index contributed by atoms with van der Waals surface area (Å²) in [6.45, 7) is 3.17. The Morgan fingerprint density at radius 1 is 1.60 bits per heavy atom. The Kier molecular flexibility index (Phi) is 4.07. The third-order valence-corrected chi connectivity index (χ3v) is 0.912. The van der Waals surface area contributed by atoms with E-state index >= 15 is 0 Å². The van der Waals surface area contributed by atoms with E-state index in [2.05, 4.69) is 11.6 Å². The first-order valence-corrected chi connectivity index (χ1v) is 3.00. The number of hydrogen-bond donors (Lipinski definition) is 1. The maximum atomic E-state index is 12.3. The zero-order valence-electron chi connectivity index (χ0n) is 4.94. The number of aliphatic imine (C=N–C) groups is 1. The van der Waals surface area contributed by atoms with Crippen LogP contribution in [-0.2, 0) is 0 Å². The third-order valence-electron chi connectivity index (χ3n) is 0.563. The summed E-state index contributed by atoms with van der Waals surface area (Å²) in [5, 5.41) is -0.496. The van der Waals surface area contributed by atoms with Gasteiger partial charge in [-0.2, -0.15) is 0 Å². The lowest BCUT2D eigenvalue weighted by molar-refractivity contribution is 0.681. The molecule has 56 valence electrons. The van der Waals surface area contributed by atoms with E-state index in [1.54, 1.807) is 0 Å². The van der Waals surface area contributed by atoms with E-state index in [-0.39, 0.29) is 5.16 Å². The molecule has 2 nitrogen and oxygen atoms in total. The second-order valence-electron chi connectivity index (χ2n) is 1.29. The van der Waals surface area contributed by atoms with Crippen LogP contribution in [0.5, 0.6) is 0 Å². The lowest BCUT2D eigenvalue weighted by atomic mass is 10.6. The number of rotatable bonds is 2. The van der Waals surface area contributed by atoms with Crippen LogP contribution < -0.4 is 5.73 Å². The van der Waals surface area contributed by atoms with Gasteiger partial charge in [0, 0.05) is 6.20 Å². The van der Waals surface area contributed by atoms with Crippen molar-refractivity contribution in [2.24, 2.45) is 10.7 Å². The molecule has 0 bridgehead atoms. The molecule has 0 spiro atoms. The van der Waals surface area contributed by atoms with Crippen molar-refractivity contribution in [1.82, 2.24) is 0 Å². The van der Waals surface area contributed by atoms with E-state index < -0.39 is 11.0 Å². The van der Waals surface area contributed by atoms with Crippen molar-refractivity contribution in [2.75, 3.05) is 0 Å². The maximum Gasteiger partial charge on any atom is 0.175 e. The Balaban J connectivity index is 4.35. The molecule has 2 N–H and O–H groups in total. The molecule has 0 heterocycles. The van der Waals surface area contributed by atoms with Crippen molar-refractivity contribution in [3.05, 3.63) is 23.8 Å². The minimum atomic E-state index is -0.830. The van der Waals surface area contributed by atoms with Crippen molar-refractivity contribution in [2.45, 2.75) is 0 Å². The van der Waals surface area contributed by atoms with Crippen LogP contribution in [0.4, 0.5) is 4.39 Å². The first kappa shape index (κ1) is 9.46. The predicted molar refractivity (Wildman–Crippen MR) is 41.7 cm³/mol. The van der Waals surface area contributed by atoms with Gasteiger partial charge in [-0.1, -0.05) is 29.8 Å². The van der Waals surface area contributed by atoms with Crippen LogP contribution in [0.25, 0.3) is 0 Å². The van der Waals surface area contributed by atoms with Gasteiger partial charge in [0.2, 0.25) is 0 Å². The highest BCUT2D eigenvalue weighted by Gasteiger charge is 2.00. The van der Waals surface area contributed by atoms with Gasteiger partial charge >= 0.3 is 0 Å². The number of halogens is 3. The molecule has 0 aromatic carbocycles.